The van der Waals surface area contributed by atoms with Gasteiger partial charge in [-0.3, -0.25) is 14.4 Å². The van der Waals surface area contributed by atoms with Crippen LogP contribution in [0.25, 0.3) is 0 Å². The van der Waals surface area contributed by atoms with Crippen LogP contribution in [0.2, 0.25) is 0 Å². The Bertz CT molecular complexity index is 1380. The van der Waals surface area contributed by atoms with Crippen molar-refractivity contribution in [3.05, 3.63) is 107 Å². The molecule has 0 saturated heterocycles. The van der Waals surface area contributed by atoms with E-state index in [1.54, 1.807) is 59.5 Å². The van der Waals surface area contributed by atoms with E-state index in [0.29, 0.717) is 30.3 Å². The van der Waals surface area contributed by atoms with Gasteiger partial charge < -0.3 is 25.7 Å². The normalized spacial score (nSPS) is 13.8. The van der Waals surface area contributed by atoms with E-state index in [1.807, 2.05) is 13.8 Å². The highest BCUT2D eigenvalue weighted by molar-refractivity contribution is 5.95. The van der Waals surface area contributed by atoms with Crippen LogP contribution in [0.3, 0.4) is 0 Å². The van der Waals surface area contributed by atoms with Crippen LogP contribution in [0, 0.1) is 11.6 Å². The Morgan fingerprint density at radius 3 is 1.95 bits per heavy atom. The number of carbonyl (C=O) groups is 3. The maximum absolute atomic E-state index is 14.0. The van der Waals surface area contributed by atoms with Crippen molar-refractivity contribution in [2.24, 2.45) is 0 Å². The smallest absolute Gasteiger partial charge is 0.251 e. The van der Waals surface area contributed by atoms with Gasteiger partial charge in [0.05, 0.1) is 18.5 Å². The molecule has 10 heteroatoms. The quantitative estimate of drug-likeness (QED) is 0.208. The molecule has 0 aliphatic heterocycles. The topological polar surface area (TPSA) is 119 Å². The molecule has 3 rings (SSSR count). The molecule has 8 nitrogen and oxygen atoms in total. The molecular formula is C34H41F2N3O5. The van der Waals surface area contributed by atoms with Gasteiger partial charge >= 0.3 is 0 Å². The summed E-state index contributed by atoms with van der Waals surface area (Å²) in [4.78, 5) is 40.7. The number of aliphatic hydroxyl groups is 2. The number of halogens is 2. The Morgan fingerprint density at radius 2 is 1.34 bits per heavy atom. The summed E-state index contributed by atoms with van der Waals surface area (Å²) in [5.41, 5.74) is 1.33. The van der Waals surface area contributed by atoms with Gasteiger partial charge in [0.15, 0.2) is 0 Å². The SMILES string of the molecule is CCCN(CCC)C(=O)Cc1cccc(C(=O)N[C@@H](Cc2cc(F)cc(F)c2)[C@@H](O)[C@H](O)[C@@H](C)NC(=O)c2ccccc2)c1. The summed E-state index contributed by atoms with van der Waals surface area (Å²) in [6.45, 7) is 6.77. The minimum absolute atomic E-state index is 0.0534. The average Bonchev–Trinajstić information content (AvgIpc) is 2.99. The van der Waals surface area contributed by atoms with Gasteiger partial charge in [-0.25, -0.2) is 8.78 Å². The molecule has 0 saturated carbocycles. The van der Waals surface area contributed by atoms with Gasteiger partial charge in [0.25, 0.3) is 11.8 Å². The molecule has 44 heavy (non-hydrogen) atoms. The summed E-state index contributed by atoms with van der Waals surface area (Å²) in [5.74, 6) is -2.81. The average molecular weight is 610 g/mol. The summed E-state index contributed by atoms with van der Waals surface area (Å²) >= 11 is 0. The molecule has 0 aromatic heterocycles. The lowest BCUT2D eigenvalue weighted by Crippen LogP contribution is -2.55. The van der Waals surface area contributed by atoms with Gasteiger partial charge in [0, 0.05) is 30.3 Å². The van der Waals surface area contributed by atoms with Crippen molar-refractivity contribution in [2.75, 3.05) is 13.1 Å². The van der Waals surface area contributed by atoms with Crippen LogP contribution in [-0.2, 0) is 17.6 Å². The molecule has 0 radical (unpaired) electrons. The lowest BCUT2D eigenvalue weighted by Gasteiger charge is -2.31. The van der Waals surface area contributed by atoms with Crippen LogP contribution in [0.1, 0.15) is 65.5 Å². The fraction of sp³-hybridized carbons (Fsp3) is 0.382. The van der Waals surface area contributed by atoms with Gasteiger partial charge in [0.2, 0.25) is 5.91 Å². The summed E-state index contributed by atoms with van der Waals surface area (Å²) in [7, 11) is 0. The summed E-state index contributed by atoms with van der Waals surface area (Å²) in [6, 6.07) is 15.5. The fourth-order valence-electron chi connectivity index (χ4n) is 5.00. The minimum atomic E-state index is -1.64. The number of hydrogen-bond acceptors (Lipinski definition) is 5. The fourth-order valence-corrected chi connectivity index (χ4v) is 5.00. The molecule has 0 aliphatic carbocycles. The predicted molar refractivity (Wildman–Crippen MR) is 164 cm³/mol. The van der Waals surface area contributed by atoms with Crippen molar-refractivity contribution >= 4 is 17.7 Å². The molecule has 0 fully saturated rings. The van der Waals surface area contributed by atoms with E-state index in [1.165, 1.54) is 6.92 Å². The standard InChI is InChI=1S/C34H41F2N3O5/c1-4-14-39(15-5-2)30(40)20-23-10-9-13-26(16-23)34(44)38-29(19-24-17-27(35)21-28(36)18-24)32(42)31(41)22(3)37-33(43)25-11-7-6-8-12-25/h6-13,16-18,21-22,29,31-32,41-42H,4-5,14-15,19-20H2,1-3H3,(H,37,43)(H,38,44)/t22-,29+,31-,32-/m1/s1. The van der Waals surface area contributed by atoms with Crippen LogP contribution in [0.5, 0.6) is 0 Å². The third kappa shape index (κ3) is 9.96. The number of nitrogens with zero attached hydrogens (tertiary/aromatic N) is 1. The van der Waals surface area contributed by atoms with Crippen LogP contribution < -0.4 is 10.6 Å². The van der Waals surface area contributed by atoms with Crippen LogP contribution in [-0.4, -0.2) is 70.2 Å². The van der Waals surface area contributed by atoms with E-state index >= 15 is 0 Å². The van der Waals surface area contributed by atoms with E-state index in [2.05, 4.69) is 10.6 Å². The zero-order chi connectivity index (χ0) is 32.2. The van der Waals surface area contributed by atoms with Gasteiger partial charge in [-0.05, 0) is 73.7 Å². The summed E-state index contributed by atoms with van der Waals surface area (Å²) < 4.78 is 28.0. The number of nitrogens with one attached hydrogen (secondary N) is 2. The molecule has 3 aromatic rings. The van der Waals surface area contributed by atoms with Crippen LogP contribution in [0.15, 0.2) is 72.8 Å². The molecule has 0 spiro atoms. The molecule has 3 amide bonds. The number of aliphatic hydroxyl groups excluding tert-OH is 2. The van der Waals surface area contributed by atoms with Gasteiger partial charge in [-0.1, -0.05) is 44.2 Å². The number of benzene rings is 3. The first kappa shape index (κ1) is 34.3. The Balaban J connectivity index is 1.80. The number of carbonyl (C=O) groups excluding carboxylic acids is 3. The predicted octanol–water partition coefficient (Wildman–Crippen LogP) is 4.04. The first-order chi connectivity index (χ1) is 21.0. The monoisotopic (exact) mass is 609 g/mol. The van der Waals surface area contributed by atoms with Crippen molar-refractivity contribution in [2.45, 2.75) is 70.7 Å². The Hall–Kier alpha value is -4.15. The van der Waals surface area contributed by atoms with Gasteiger partial charge in [0.1, 0.15) is 23.8 Å². The largest absolute Gasteiger partial charge is 0.388 e. The third-order valence-corrected chi connectivity index (χ3v) is 7.25. The second-order valence-corrected chi connectivity index (χ2v) is 10.9. The highest BCUT2D eigenvalue weighted by Gasteiger charge is 2.33. The van der Waals surface area contributed by atoms with Crippen molar-refractivity contribution in [3.8, 4) is 0 Å². The molecule has 236 valence electrons. The molecule has 4 atom stereocenters. The second kappa shape index (κ2) is 16.6. The number of hydrogen-bond donors (Lipinski definition) is 4. The highest BCUT2D eigenvalue weighted by Crippen LogP contribution is 2.16. The Labute approximate surface area is 257 Å². The lowest BCUT2D eigenvalue weighted by molar-refractivity contribution is -0.130. The van der Waals surface area contributed by atoms with Gasteiger partial charge in [-0.15, -0.1) is 0 Å². The lowest BCUT2D eigenvalue weighted by atomic mass is 9.94. The first-order valence-corrected chi connectivity index (χ1v) is 14.9. The van der Waals surface area contributed by atoms with Crippen molar-refractivity contribution < 1.29 is 33.4 Å². The third-order valence-electron chi connectivity index (χ3n) is 7.25. The molecule has 3 aromatic carbocycles. The van der Waals surface area contributed by atoms with E-state index < -0.39 is 47.7 Å². The number of amides is 3. The maximum Gasteiger partial charge on any atom is 0.251 e. The number of rotatable bonds is 15. The summed E-state index contributed by atoms with van der Waals surface area (Å²) in [5, 5.41) is 27.5. The molecular weight excluding hydrogens is 568 g/mol. The minimum Gasteiger partial charge on any atom is -0.388 e. The second-order valence-electron chi connectivity index (χ2n) is 10.9. The molecule has 0 unspecified atom stereocenters. The van der Waals surface area contributed by atoms with E-state index in [4.69, 9.17) is 0 Å². The van der Waals surface area contributed by atoms with Crippen molar-refractivity contribution in [1.82, 2.24) is 15.5 Å². The maximum atomic E-state index is 14.0. The molecule has 0 bridgehead atoms. The molecule has 0 heterocycles. The van der Waals surface area contributed by atoms with Crippen LogP contribution >= 0.6 is 0 Å². The first-order valence-electron chi connectivity index (χ1n) is 14.9. The van der Waals surface area contributed by atoms with E-state index in [-0.39, 0.29) is 29.9 Å². The Kier molecular flexibility index (Phi) is 13.0. The molecule has 0 aliphatic rings. The zero-order valence-electron chi connectivity index (χ0n) is 25.3. The summed E-state index contributed by atoms with van der Waals surface area (Å²) in [6.07, 6.45) is -1.66. The van der Waals surface area contributed by atoms with Crippen molar-refractivity contribution in [3.63, 3.8) is 0 Å². The zero-order valence-corrected chi connectivity index (χ0v) is 25.3. The van der Waals surface area contributed by atoms with E-state index in [9.17, 15) is 33.4 Å². The van der Waals surface area contributed by atoms with Crippen molar-refractivity contribution in [1.29, 1.82) is 0 Å². The van der Waals surface area contributed by atoms with Crippen LogP contribution in [0.4, 0.5) is 8.78 Å². The van der Waals surface area contributed by atoms with E-state index in [0.717, 1.165) is 25.0 Å². The Morgan fingerprint density at radius 1 is 0.750 bits per heavy atom. The van der Waals surface area contributed by atoms with Gasteiger partial charge in [-0.2, -0.15) is 0 Å². The molecule has 4 N–H and O–H groups in total. The highest BCUT2D eigenvalue weighted by atomic mass is 19.1.